The summed E-state index contributed by atoms with van der Waals surface area (Å²) in [6, 6.07) is 19.2. The molecule has 2 aliphatic heterocycles. The summed E-state index contributed by atoms with van der Waals surface area (Å²) in [4.78, 5) is 29.3. The van der Waals surface area contributed by atoms with Gasteiger partial charge in [-0.3, -0.25) is 14.5 Å². The minimum Gasteiger partial charge on any atom is -0.508 e. The lowest BCUT2D eigenvalue weighted by Gasteiger charge is -2.62. The summed E-state index contributed by atoms with van der Waals surface area (Å²) in [5, 5.41) is 25.1. The highest BCUT2D eigenvalue weighted by Crippen LogP contribution is 2.64. The van der Waals surface area contributed by atoms with Crippen LogP contribution in [0.3, 0.4) is 0 Å². The molecular formula is C35H36N2O5. The number of benzene rings is 3. The van der Waals surface area contributed by atoms with Gasteiger partial charge in [-0.05, 0) is 91.4 Å². The van der Waals surface area contributed by atoms with E-state index in [0.29, 0.717) is 43.5 Å². The van der Waals surface area contributed by atoms with E-state index in [9.17, 15) is 19.8 Å². The second-order valence-electron chi connectivity index (χ2n) is 13.0. The van der Waals surface area contributed by atoms with Crippen LogP contribution >= 0.6 is 0 Å². The van der Waals surface area contributed by atoms with E-state index in [1.807, 2.05) is 36.4 Å². The molecule has 1 spiro atoms. The van der Waals surface area contributed by atoms with Crippen molar-refractivity contribution in [3.8, 4) is 22.6 Å². The van der Waals surface area contributed by atoms with Gasteiger partial charge < -0.3 is 20.3 Å². The first kappa shape index (κ1) is 26.0. The van der Waals surface area contributed by atoms with Crippen LogP contribution in [0.5, 0.6) is 11.5 Å². The number of aliphatic hydroxyl groups is 1. The lowest BCUT2D eigenvalue weighted by molar-refractivity contribution is -0.188. The average molecular weight is 565 g/mol. The highest BCUT2D eigenvalue weighted by molar-refractivity contribution is 5.99. The summed E-state index contributed by atoms with van der Waals surface area (Å²) in [5.74, 6) is 1.31. The topological polar surface area (TPSA) is 99.1 Å². The number of ether oxygens (including phenoxy) is 1. The van der Waals surface area contributed by atoms with Crippen molar-refractivity contribution in [1.82, 2.24) is 10.2 Å². The molecule has 3 aliphatic carbocycles. The van der Waals surface area contributed by atoms with E-state index in [1.165, 1.54) is 12.8 Å². The summed E-state index contributed by atoms with van der Waals surface area (Å²) in [6.45, 7) is 2.33. The van der Waals surface area contributed by atoms with Gasteiger partial charge in [0, 0.05) is 31.1 Å². The van der Waals surface area contributed by atoms with Gasteiger partial charge in [-0.1, -0.05) is 42.5 Å². The summed E-state index contributed by atoms with van der Waals surface area (Å²) in [5.41, 5.74) is 3.88. The van der Waals surface area contributed by atoms with Crippen molar-refractivity contribution in [2.75, 3.05) is 19.6 Å². The molecule has 1 amide bonds. The zero-order chi connectivity index (χ0) is 28.6. The number of carbonyl (C=O) groups is 2. The SMILES string of the molecule is O=C(NCCc1ccc(-c2ccc(O)cc2)cc1)c1ccc2c3c1O[C@H]1C(=O)CC[C@@]4(O)[C@@H](C2)N(CC2CC2)CC[C@]314. The van der Waals surface area contributed by atoms with E-state index >= 15 is 0 Å². The Labute approximate surface area is 245 Å². The highest BCUT2D eigenvalue weighted by atomic mass is 16.5. The number of ketones is 1. The van der Waals surface area contributed by atoms with E-state index in [1.54, 1.807) is 12.1 Å². The Kier molecular flexibility index (Phi) is 5.82. The van der Waals surface area contributed by atoms with Crippen LogP contribution in [0.2, 0.25) is 0 Å². The third kappa shape index (κ3) is 3.79. The number of hydrogen-bond donors (Lipinski definition) is 3. The first-order chi connectivity index (χ1) is 20.4. The van der Waals surface area contributed by atoms with Crippen molar-refractivity contribution in [1.29, 1.82) is 0 Å². The van der Waals surface area contributed by atoms with Crippen LogP contribution in [0.15, 0.2) is 60.7 Å². The fourth-order valence-corrected chi connectivity index (χ4v) is 8.39. The number of nitrogens with zero attached hydrogens (tertiary/aromatic N) is 1. The number of piperidine rings is 1. The number of phenolic OH excluding ortho intramolecular Hbond substituents is 1. The Balaban J connectivity index is 1.03. The first-order valence-electron chi connectivity index (χ1n) is 15.4. The molecule has 0 radical (unpaired) electrons. The fraction of sp³-hybridized carbons (Fsp3) is 0.429. The zero-order valence-corrected chi connectivity index (χ0v) is 23.6. The molecule has 42 heavy (non-hydrogen) atoms. The molecule has 4 atom stereocenters. The number of aromatic hydroxyl groups is 1. The maximum Gasteiger partial charge on any atom is 0.255 e. The Morgan fingerprint density at radius 1 is 1.00 bits per heavy atom. The zero-order valence-electron chi connectivity index (χ0n) is 23.6. The standard InChI is InChI=1S/C35H36N2O5/c38-26-10-7-24(8-11-26)23-5-3-21(4-6-23)14-17-36-33(40)27-12-9-25-19-29-35(41)15-13-28(39)32-34(35,30(25)31(27)42-32)16-18-37(29)20-22-1-2-22/h3-12,22,29,32,38,41H,1-2,13-20H2,(H,36,40)/t29-,32+,34+,35-/m1/s1. The minimum absolute atomic E-state index is 0.0235. The molecule has 3 fully saturated rings. The van der Waals surface area contributed by atoms with Gasteiger partial charge in [-0.15, -0.1) is 0 Å². The Morgan fingerprint density at radius 2 is 1.74 bits per heavy atom. The van der Waals surface area contributed by atoms with Crippen molar-refractivity contribution < 1.29 is 24.5 Å². The Morgan fingerprint density at radius 3 is 2.48 bits per heavy atom. The molecule has 7 heteroatoms. The number of carbonyl (C=O) groups excluding carboxylic acids is 2. The van der Waals surface area contributed by atoms with Gasteiger partial charge in [0.2, 0.25) is 0 Å². The third-order valence-corrected chi connectivity index (χ3v) is 10.7. The van der Waals surface area contributed by atoms with Gasteiger partial charge in [-0.2, -0.15) is 0 Å². The molecular weight excluding hydrogens is 528 g/mol. The van der Waals surface area contributed by atoms with Crippen LogP contribution in [0.25, 0.3) is 11.1 Å². The average Bonchev–Trinajstić information content (AvgIpc) is 3.74. The first-order valence-corrected chi connectivity index (χ1v) is 15.4. The van der Waals surface area contributed by atoms with Crippen LogP contribution in [-0.4, -0.2) is 64.2 Å². The van der Waals surface area contributed by atoms with E-state index < -0.39 is 17.1 Å². The summed E-state index contributed by atoms with van der Waals surface area (Å²) in [7, 11) is 0. The van der Waals surface area contributed by atoms with Crippen molar-refractivity contribution in [3.05, 3.63) is 82.9 Å². The number of likely N-dealkylation sites (tertiary alicyclic amines) is 1. The second-order valence-corrected chi connectivity index (χ2v) is 13.0. The molecule has 0 unspecified atom stereocenters. The van der Waals surface area contributed by atoms with Crippen LogP contribution < -0.4 is 10.1 Å². The van der Waals surface area contributed by atoms with Gasteiger partial charge in [0.1, 0.15) is 11.5 Å². The van der Waals surface area contributed by atoms with Crippen LogP contribution in [0.4, 0.5) is 0 Å². The third-order valence-electron chi connectivity index (χ3n) is 10.7. The van der Waals surface area contributed by atoms with Gasteiger partial charge in [-0.25, -0.2) is 0 Å². The normalized spacial score (nSPS) is 29.1. The number of Topliss-reactive ketones (excluding diaryl/α,β-unsaturated/α-hetero) is 1. The molecule has 1 saturated heterocycles. The van der Waals surface area contributed by atoms with Gasteiger partial charge >= 0.3 is 0 Å². The van der Waals surface area contributed by atoms with E-state index in [-0.39, 0.29) is 23.5 Å². The van der Waals surface area contributed by atoms with Crippen LogP contribution in [-0.2, 0) is 23.1 Å². The summed E-state index contributed by atoms with van der Waals surface area (Å²) < 4.78 is 6.46. The summed E-state index contributed by atoms with van der Waals surface area (Å²) >= 11 is 0. The lowest BCUT2D eigenvalue weighted by Crippen LogP contribution is -2.76. The molecule has 8 rings (SSSR count). The van der Waals surface area contributed by atoms with E-state index in [2.05, 4.69) is 22.3 Å². The number of phenols is 1. The minimum atomic E-state index is -1.03. The summed E-state index contributed by atoms with van der Waals surface area (Å²) in [6.07, 6.45) is 4.64. The molecule has 3 aromatic rings. The molecule has 2 heterocycles. The fourth-order valence-electron chi connectivity index (χ4n) is 8.39. The lowest BCUT2D eigenvalue weighted by atomic mass is 9.49. The van der Waals surface area contributed by atoms with Crippen LogP contribution in [0.1, 0.15) is 59.2 Å². The largest absolute Gasteiger partial charge is 0.508 e. The predicted octanol–water partition coefficient (Wildman–Crippen LogP) is 4.16. The molecule has 216 valence electrons. The van der Waals surface area contributed by atoms with Gasteiger partial charge in [0.05, 0.1) is 16.6 Å². The van der Waals surface area contributed by atoms with Gasteiger partial charge in [0.15, 0.2) is 11.9 Å². The molecule has 3 N–H and O–H groups in total. The van der Waals surface area contributed by atoms with Crippen molar-refractivity contribution in [2.24, 2.45) is 5.92 Å². The second kappa shape index (κ2) is 9.41. The monoisotopic (exact) mass is 564 g/mol. The number of amides is 1. The molecule has 3 aromatic carbocycles. The quantitative estimate of drug-likeness (QED) is 0.399. The molecule has 7 nitrogen and oxygen atoms in total. The van der Waals surface area contributed by atoms with Crippen molar-refractivity contribution in [3.63, 3.8) is 0 Å². The Bertz CT molecular complexity index is 1580. The molecule has 0 aromatic heterocycles. The maximum atomic E-state index is 13.5. The Hall–Kier alpha value is -3.68. The molecule has 2 saturated carbocycles. The smallest absolute Gasteiger partial charge is 0.255 e. The highest BCUT2D eigenvalue weighted by Gasteiger charge is 2.73. The predicted molar refractivity (Wildman–Crippen MR) is 158 cm³/mol. The maximum absolute atomic E-state index is 13.5. The number of rotatable bonds is 7. The molecule has 5 aliphatic rings. The van der Waals surface area contributed by atoms with E-state index in [0.717, 1.165) is 53.2 Å². The van der Waals surface area contributed by atoms with Crippen molar-refractivity contribution >= 4 is 11.7 Å². The number of hydrogen-bond acceptors (Lipinski definition) is 6. The van der Waals surface area contributed by atoms with Crippen molar-refractivity contribution in [2.45, 2.75) is 68.1 Å². The van der Waals surface area contributed by atoms with Crippen LogP contribution in [0, 0.1) is 5.92 Å². The van der Waals surface area contributed by atoms with Gasteiger partial charge in [0.25, 0.3) is 5.91 Å². The molecule has 2 bridgehead atoms. The number of nitrogens with one attached hydrogen (secondary N) is 1. The van der Waals surface area contributed by atoms with E-state index in [4.69, 9.17) is 4.74 Å².